The molecule has 1 fully saturated rings. The molecule has 1 aliphatic rings. The Balaban J connectivity index is 2.07. The maximum Gasteiger partial charge on any atom is 0.263 e. The van der Waals surface area contributed by atoms with E-state index in [1.54, 1.807) is 18.3 Å². The molecule has 1 aromatic rings. The molecule has 0 radical (unpaired) electrons. The predicted octanol–water partition coefficient (Wildman–Crippen LogP) is 2.31. The third-order valence-corrected chi connectivity index (χ3v) is 5.15. The van der Waals surface area contributed by atoms with Crippen LogP contribution in [0.25, 0.3) is 0 Å². The molecule has 0 N–H and O–H groups in total. The lowest BCUT2D eigenvalue weighted by molar-refractivity contribution is -0.128. The van der Waals surface area contributed by atoms with Gasteiger partial charge in [0.15, 0.2) is 0 Å². The summed E-state index contributed by atoms with van der Waals surface area (Å²) in [5, 5.41) is 0. The van der Waals surface area contributed by atoms with Crippen molar-refractivity contribution in [2.24, 2.45) is 0 Å². The van der Waals surface area contributed by atoms with Gasteiger partial charge in [-0.3, -0.25) is 9.59 Å². The highest BCUT2D eigenvalue weighted by molar-refractivity contribution is 7.14. The van der Waals surface area contributed by atoms with Crippen molar-refractivity contribution in [2.45, 2.75) is 33.6 Å². The highest BCUT2D eigenvalue weighted by Crippen LogP contribution is 2.24. The maximum atomic E-state index is 12.5. The van der Waals surface area contributed by atoms with Crippen LogP contribution in [0.2, 0.25) is 0 Å². The summed E-state index contributed by atoms with van der Waals surface area (Å²) in [7, 11) is 0. The quantitative estimate of drug-likeness (QED) is 0.840. The largest absolute Gasteiger partial charge is 0.341 e. The molecule has 2 rings (SSSR count). The minimum atomic E-state index is 0.0968. The van der Waals surface area contributed by atoms with Crippen LogP contribution in [0.3, 0.4) is 0 Å². The fourth-order valence-electron chi connectivity index (χ4n) is 2.57. The number of aryl methyl sites for hydroxylation is 2. The summed E-state index contributed by atoms with van der Waals surface area (Å²) in [5.74, 6) is 0.211. The van der Waals surface area contributed by atoms with Gasteiger partial charge in [0.05, 0.1) is 4.88 Å². The Hall–Kier alpha value is -1.36. The first-order valence-electron chi connectivity index (χ1n) is 7.17. The van der Waals surface area contributed by atoms with E-state index < -0.39 is 0 Å². The topological polar surface area (TPSA) is 40.6 Å². The van der Waals surface area contributed by atoms with Gasteiger partial charge in [-0.1, -0.05) is 6.92 Å². The zero-order chi connectivity index (χ0) is 14.7. The molecule has 0 saturated carbocycles. The van der Waals surface area contributed by atoms with Gasteiger partial charge in [-0.05, 0) is 31.4 Å². The molecule has 5 heteroatoms. The molecular weight excluding hydrogens is 272 g/mol. The molecule has 110 valence electrons. The standard InChI is InChI=1S/C15H22N2O2S/c1-4-13-11(2)10-14(20-13)15(19)17-7-5-6-16(8-9-17)12(3)18/h10H,4-9H2,1-3H3. The fourth-order valence-corrected chi connectivity index (χ4v) is 3.65. The van der Waals surface area contributed by atoms with Crippen LogP contribution >= 0.6 is 11.3 Å². The summed E-state index contributed by atoms with van der Waals surface area (Å²) >= 11 is 1.60. The van der Waals surface area contributed by atoms with E-state index in [0.717, 1.165) is 30.8 Å². The van der Waals surface area contributed by atoms with Gasteiger partial charge in [0.2, 0.25) is 5.91 Å². The third-order valence-electron chi connectivity index (χ3n) is 3.78. The lowest BCUT2D eigenvalue weighted by atomic mass is 10.2. The molecule has 1 aromatic heterocycles. The highest BCUT2D eigenvalue weighted by Gasteiger charge is 2.22. The maximum absolute atomic E-state index is 12.5. The zero-order valence-corrected chi connectivity index (χ0v) is 13.3. The average molecular weight is 294 g/mol. The van der Waals surface area contributed by atoms with E-state index in [2.05, 4.69) is 13.8 Å². The monoisotopic (exact) mass is 294 g/mol. The number of carbonyl (C=O) groups is 2. The summed E-state index contributed by atoms with van der Waals surface area (Å²) in [6.45, 7) is 8.54. The SMILES string of the molecule is CCc1sc(C(=O)N2CCCN(C(C)=O)CC2)cc1C. The lowest BCUT2D eigenvalue weighted by Crippen LogP contribution is -2.36. The van der Waals surface area contributed by atoms with E-state index in [1.165, 1.54) is 10.4 Å². The van der Waals surface area contributed by atoms with Crippen LogP contribution in [0.1, 0.15) is 40.4 Å². The van der Waals surface area contributed by atoms with E-state index >= 15 is 0 Å². The van der Waals surface area contributed by atoms with Crippen LogP contribution in [0, 0.1) is 6.92 Å². The molecule has 0 spiro atoms. The van der Waals surface area contributed by atoms with Crippen molar-refractivity contribution < 1.29 is 9.59 Å². The number of hydrogen-bond acceptors (Lipinski definition) is 3. The van der Waals surface area contributed by atoms with E-state index in [0.29, 0.717) is 13.1 Å². The van der Waals surface area contributed by atoms with E-state index in [1.807, 2.05) is 15.9 Å². The highest BCUT2D eigenvalue weighted by atomic mass is 32.1. The molecule has 0 aromatic carbocycles. The zero-order valence-electron chi connectivity index (χ0n) is 12.4. The normalized spacial score (nSPS) is 16.1. The van der Waals surface area contributed by atoms with Gasteiger partial charge < -0.3 is 9.80 Å². The van der Waals surface area contributed by atoms with E-state index in [4.69, 9.17) is 0 Å². The van der Waals surface area contributed by atoms with Crippen molar-refractivity contribution in [3.8, 4) is 0 Å². The Morgan fingerprint density at radius 1 is 1.20 bits per heavy atom. The van der Waals surface area contributed by atoms with Crippen molar-refractivity contribution in [1.29, 1.82) is 0 Å². The van der Waals surface area contributed by atoms with Crippen molar-refractivity contribution >= 4 is 23.2 Å². The number of amides is 2. The summed E-state index contributed by atoms with van der Waals surface area (Å²) < 4.78 is 0. The molecule has 1 saturated heterocycles. The fraction of sp³-hybridized carbons (Fsp3) is 0.600. The Morgan fingerprint density at radius 3 is 2.45 bits per heavy atom. The number of hydrogen-bond donors (Lipinski definition) is 0. The van der Waals surface area contributed by atoms with Gasteiger partial charge in [-0.25, -0.2) is 0 Å². The van der Waals surface area contributed by atoms with Gasteiger partial charge in [-0.2, -0.15) is 0 Å². The van der Waals surface area contributed by atoms with Crippen molar-refractivity contribution in [3.63, 3.8) is 0 Å². The molecule has 0 atom stereocenters. The molecule has 0 bridgehead atoms. The molecule has 2 heterocycles. The molecule has 2 amide bonds. The second-order valence-electron chi connectivity index (χ2n) is 5.22. The number of carbonyl (C=O) groups excluding carboxylic acids is 2. The third kappa shape index (κ3) is 3.20. The molecule has 0 unspecified atom stereocenters. The summed E-state index contributed by atoms with van der Waals surface area (Å²) in [4.78, 5) is 29.8. The smallest absolute Gasteiger partial charge is 0.263 e. The predicted molar refractivity (Wildman–Crippen MR) is 81.2 cm³/mol. The van der Waals surface area contributed by atoms with Crippen molar-refractivity contribution in [3.05, 3.63) is 21.4 Å². The number of nitrogens with zero attached hydrogens (tertiary/aromatic N) is 2. The van der Waals surface area contributed by atoms with Gasteiger partial charge >= 0.3 is 0 Å². The molecule has 0 aliphatic carbocycles. The second kappa shape index (κ2) is 6.39. The van der Waals surface area contributed by atoms with E-state index in [-0.39, 0.29) is 11.8 Å². The first-order chi connectivity index (χ1) is 9.52. The van der Waals surface area contributed by atoms with Crippen LogP contribution in [-0.2, 0) is 11.2 Å². The van der Waals surface area contributed by atoms with Crippen molar-refractivity contribution in [2.75, 3.05) is 26.2 Å². The number of thiophene rings is 1. The van der Waals surface area contributed by atoms with Gasteiger partial charge in [0, 0.05) is 38.0 Å². The summed E-state index contributed by atoms with van der Waals surface area (Å²) in [5.41, 5.74) is 1.21. The molecule has 1 aliphatic heterocycles. The van der Waals surface area contributed by atoms with Crippen LogP contribution in [0.5, 0.6) is 0 Å². The van der Waals surface area contributed by atoms with Crippen LogP contribution in [0.4, 0.5) is 0 Å². The summed E-state index contributed by atoms with van der Waals surface area (Å²) in [6, 6.07) is 2.00. The Bertz CT molecular complexity index is 510. The van der Waals surface area contributed by atoms with Crippen molar-refractivity contribution in [1.82, 2.24) is 9.80 Å². The van der Waals surface area contributed by atoms with Gasteiger partial charge in [-0.15, -0.1) is 11.3 Å². The van der Waals surface area contributed by atoms with Crippen LogP contribution in [0.15, 0.2) is 6.07 Å². The first kappa shape index (κ1) is 15.0. The molecule has 20 heavy (non-hydrogen) atoms. The average Bonchev–Trinajstić information content (AvgIpc) is 2.64. The number of rotatable bonds is 2. The summed E-state index contributed by atoms with van der Waals surface area (Å²) in [6.07, 6.45) is 1.83. The first-order valence-corrected chi connectivity index (χ1v) is 7.98. The minimum Gasteiger partial charge on any atom is -0.341 e. The Kier molecular flexibility index (Phi) is 4.81. The minimum absolute atomic E-state index is 0.0968. The van der Waals surface area contributed by atoms with Crippen LogP contribution in [-0.4, -0.2) is 47.8 Å². The lowest BCUT2D eigenvalue weighted by Gasteiger charge is -2.20. The van der Waals surface area contributed by atoms with E-state index in [9.17, 15) is 9.59 Å². The Morgan fingerprint density at radius 2 is 1.85 bits per heavy atom. The molecular formula is C15H22N2O2S. The van der Waals surface area contributed by atoms with Gasteiger partial charge in [0.1, 0.15) is 0 Å². The van der Waals surface area contributed by atoms with Crippen LogP contribution < -0.4 is 0 Å². The second-order valence-corrected chi connectivity index (χ2v) is 6.36. The molecule has 4 nitrogen and oxygen atoms in total. The Labute approximate surface area is 124 Å². The van der Waals surface area contributed by atoms with Gasteiger partial charge in [0.25, 0.3) is 5.91 Å².